The second kappa shape index (κ2) is 6.41. The monoisotopic (exact) mass is 348 g/mol. The molecule has 1 atom stereocenters. The lowest BCUT2D eigenvalue weighted by Gasteiger charge is -2.15. The van der Waals surface area contributed by atoms with Gasteiger partial charge in [0.1, 0.15) is 5.76 Å². The third-order valence-electron chi connectivity index (χ3n) is 3.38. The molecule has 5 nitrogen and oxygen atoms in total. The number of nitrogens with zero attached hydrogens (tertiary/aromatic N) is 3. The van der Waals surface area contributed by atoms with Crippen molar-refractivity contribution < 1.29 is 4.42 Å². The van der Waals surface area contributed by atoms with Gasteiger partial charge in [0.15, 0.2) is 16.1 Å². The third kappa shape index (κ3) is 3.16. The molecule has 0 saturated heterocycles. The topological polar surface area (TPSA) is 55.4 Å². The van der Waals surface area contributed by atoms with Crippen LogP contribution in [0.3, 0.4) is 0 Å². The molecule has 0 spiro atoms. The molecular weight excluding hydrogens is 332 g/mol. The summed E-state index contributed by atoms with van der Waals surface area (Å²) in [5.74, 6) is 1.84. The molecule has 110 valence electrons. The van der Waals surface area contributed by atoms with E-state index >= 15 is 0 Å². The number of fused-ring (bicyclic) bond motifs is 1. The molecule has 21 heavy (non-hydrogen) atoms. The molecule has 3 rings (SSSR count). The fourth-order valence-corrected chi connectivity index (χ4v) is 2.72. The Kier molecular flexibility index (Phi) is 4.36. The van der Waals surface area contributed by atoms with E-state index in [1.807, 2.05) is 40.9 Å². The van der Waals surface area contributed by atoms with E-state index in [-0.39, 0.29) is 6.04 Å². The quantitative estimate of drug-likeness (QED) is 0.737. The Morgan fingerprint density at radius 1 is 1.29 bits per heavy atom. The fourth-order valence-electron chi connectivity index (χ4n) is 2.38. The van der Waals surface area contributed by atoms with Crippen molar-refractivity contribution in [2.45, 2.75) is 32.4 Å². The van der Waals surface area contributed by atoms with E-state index in [0.29, 0.717) is 6.54 Å². The Balaban J connectivity index is 1.80. The van der Waals surface area contributed by atoms with Crippen LogP contribution >= 0.6 is 15.9 Å². The van der Waals surface area contributed by atoms with Gasteiger partial charge in [-0.25, -0.2) is 0 Å². The zero-order valence-corrected chi connectivity index (χ0v) is 13.4. The van der Waals surface area contributed by atoms with E-state index in [0.717, 1.165) is 34.7 Å². The van der Waals surface area contributed by atoms with Gasteiger partial charge in [0, 0.05) is 6.20 Å². The summed E-state index contributed by atoms with van der Waals surface area (Å²) in [5, 5.41) is 12.1. The van der Waals surface area contributed by atoms with Crippen LogP contribution in [0, 0.1) is 0 Å². The minimum absolute atomic E-state index is 0.149. The lowest BCUT2D eigenvalue weighted by molar-refractivity contribution is 0.413. The highest BCUT2D eigenvalue weighted by Crippen LogP contribution is 2.20. The van der Waals surface area contributed by atoms with Gasteiger partial charge in [-0.1, -0.05) is 19.4 Å². The zero-order valence-electron chi connectivity index (χ0n) is 11.8. The maximum Gasteiger partial charge on any atom is 0.169 e. The van der Waals surface area contributed by atoms with E-state index in [1.54, 1.807) is 0 Å². The summed E-state index contributed by atoms with van der Waals surface area (Å²) < 4.78 is 8.31. The molecule has 1 N–H and O–H groups in total. The summed E-state index contributed by atoms with van der Waals surface area (Å²) in [6.45, 7) is 2.83. The predicted octanol–water partition coefficient (Wildman–Crippen LogP) is 3.72. The normalized spacial score (nSPS) is 12.9. The molecule has 0 fully saturated rings. The Morgan fingerprint density at radius 3 is 2.95 bits per heavy atom. The van der Waals surface area contributed by atoms with Crippen molar-refractivity contribution >= 4 is 21.6 Å². The summed E-state index contributed by atoms with van der Waals surface area (Å²) in [4.78, 5) is 0. The van der Waals surface area contributed by atoms with Crippen LogP contribution in [0.15, 0.2) is 45.6 Å². The maximum absolute atomic E-state index is 5.53. The molecule has 0 unspecified atom stereocenters. The van der Waals surface area contributed by atoms with Gasteiger partial charge in [0.25, 0.3) is 0 Å². The van der Waals surface area contributed by atoms with Gasteiger partial charge in [-0.05, 0) is 46.6 Å². The fraction of sp³-hybridized carbons (Fsp3) is 0.333. The van der Waals surface area contributed by atoms with Crippen LogP contribution in [-0.4, -0.2) is 14.6 Å². The van der Waals surface area contributed by atoms with Crippen molar-refractivity contribution in [3.05, 3.63) is 52.8 Å². The standard InChI is InChI=1S/C15H17BrN4O/c1-2-5-12(17-10-11-7-8-13(16)21-11)15-19-18-14-6-3-4-9-20(14)15/h3-4,6-9,12,17H,2,5,10H2,1H3/t12-/m0/s1. The Hall–Kier alpha value is -1.66. The van der Waals surface area contributed by atoms with Crippen molar-refractivity contribution in [2.24, 2.45) is 0 Å². The van der Waals surface area contributed by atoms with Gasteiger partial charge in [-0.2, -0.15) is 0 Å². The van der Waals surface area contributed by atoms with Gasteiger partial charge in [0.2, 0.25) is 0 Å². The van der Waals surface area contributed by atoms with Crippen LogP contribution < -0.4 is 5.32 Å². The van der Waals surface area contributed by atoms with Gasteiger partial charge >= 0.3 is 0 Å². The van der Waals surface area contributed by atoms with Crippen molar-refractivity contribution in [3.63, 3.8) is 0 Å². The Morgan fingerprint density at radius 2 is 2.19 bits per heavy atom. The van der Waals surface area contributed by atoms with Crippen LogP contribution in [0.25, 0.3) is 5.65 Å². The molecular formula is C15H17BrN4O. The minimum Gasteiger partial charge on any atom is -0.453 e. The second-order valence-electron chi connectivity index (χ2n) is 4.92. The SMILES string of the molecule is CCC[C@H](NCc1ccc(Br)o1)c1nnc2ccccn12. The summed E-state index contributed by atoms with van der Waals surface area (Å²) in [5.41, 5.74) is 0.871. The number of nitrogens with one attached hydrogen (secondary N) is 1. The molecule has 0 aliphatic heterocycles. The average Bonchev–Trinajstić information content (AvgIpc) is 3.10. The van der Waals surface area contributed by atoms with Crippen LogP contribution in [0.4, 0.5) is 0 Å². The first-order valence-corrected chi connectivity index (χ1v) is 7.84. The van der Waals surface area contributed by atoms with Crippen LogP contribution in [-0.2, 0) is 6.54 Å². The largest absolute Gasteiger partial charge is 0.453 e. The molecule has 0 radical (unpaired) electrons. The second-order valence-corrected chi connectivity index (χ2v) is 5.70. The van der Waals surface area contributed by atoms with Crippen LogP contribution in [0.2, 0.25) is 0 Å². The number of furan rings is 1. The third-order valence-corrected chi connectivity index (χ3v) is 3.81. The molecule has 0 aromatic carbocycles. The average molecular weight is 349 g/mol. The van der Waals surface area contributed by atoms with Gasteiger partial charge in [0.05, 0.1) is 12.6 Å². The highest BCUT2D eigenvalue weighted by molar-refractivity contribution is 9.10. The first-order valence-electron chi connectivity index (χ1n) is 7.05. The molecule has 0 aliphatic carbocycles. The summed E-state index contributed by atoms with van der Waals surface area (Å²) >= 11 is 3.32. The van der Waals surface area contributed by atoms with Gasteiger partial charge in [-0.3, -0.25) is 4.40 Å². The first-order chi connectivity index (χ1) is 10.3. The van der Waals surface area contributed by atoms with E-state index in [9.17, 15) is 0 Å². The number of pyridine rings is 1. The van der Waals surface area contributed by atoms with Crippen molar-refractivity contribution in [1.82, 2.24) is 19.9 Å². The minimum atomic E-state index is 0.149. The maximum atomic E-state index is 5.53. The predicted molar refractivity (Wildman–Crippen MR) is 83.9 cm³/mol. The molecule has 0 bridgehead atoms. The molecule has 0 amide bonds. The lowest BCUT2D eigenvalue weighted by Crippen LogP contribution is -2.22. The molecule has 3 aromatic rings. The summed E-state index contributed by atoms with van der Waals surface area (Å²) in [6.07, 6.45) is 4.07. The van der Waals surface area contributed by atoms with Crippen molar-refractivity contribution in [1.29, 1.82) is 0 Å². The van der Waals surface area contributed by atoms with Gasteiger partial charge < -0.3 is 9.73 Å². The Labute approximate surface area is 131 Å². The van der Waals surface area contributed by atoms with Gasteiger partial charge in [-0.15, -0.1) is 10.2 Å². The highest BCUT2D eigenvalue weighted by Gasteiger charge is 2.17. The van der Waals surface area contributed by atoms with Crippen LogP contribution in [0.5, 0.6) is 0 Å². The molecule has 3 aromatic heterocycles. The van der Waals surface area contributed by atoms with E-state index < -0.39 is 0 Å². The molecule has 0 aliphatic rings. The zero-order chi connectivity index (χ0) is 14.7. The number of aromatic nitrogens is 3. The Bertz CT molecular complexity index is 721. The number of halogens is 1. The summed E-state index contributed by atoms with van der Waals surface area (Å²) in [7, 11) is 0. The smallest absolute Gasteiger partial charge is 0.169 e. The van der Waals surface area contributed by atoms with Crippen LogP contribution in [0.1, 0.15) is 37.4 Å². The van der Waals surface area contributed by atoms with E-state index in [1.165, 1.54) is 0 Å². The lowest BCUT2D eigenvalue weighted by atomic mass is 10.1. The highest BCUT2D eigenvalue weighted by atomic mass is 79.9. The first kappa shape index (κ1) is 14.3. The molecule has 3 heterocycles. The number of hydrogen-bond acceptors (Lipinski definition) is 4. The van der Waals surface area contributed by atoms with E-state index in [4.69, 9.17) is 4.42 Å². The molecule has 0 saturated carbocycles. The van der Waals surface area contributed by atoms with E-state index in [2.05, 4.69) is 38.4 Å². The number of rotatable bonds is 6. The number of hydrogen-bond donors (Lipinski definition) is 1. The summed E-state index contributed by atoms with van der Waals surface area (Å²) in [6, 6.07) is 9.93. The van der Waals surface area contributed by atoms with Crippen molar-refractivity contribution in [2.75, 3.05) is 0 Å². The molecule has 6 heteroatoms. The van der Waals surface area contributed by atoms with Crippen molar-refractivity contribution in [3.8, 4) is 0 Å².